The van der Waals surface area contributed by atoms with Gasteiger partial charge in [0.1, 0.15) is 24.2 Å². The molecule has 0 aromatic heterocycles. The molecule has 1 amide bonds. The second kappa shape index (κ2) is 10.0. The van der Waals surface area contributed by atoms with Gasteiger partial charge in [0.25, 0.3) is 5.91 Å². The normalized spacial score (nSPS) is 11.1. The van der Waals surface area contributed by atoms with E-state index in [-0.39, 0.29) is 18.0 Å². The van der Waals surface area contributed by atoms with Crippen molar-refractivity contribution in [3.63, 3.8) is 0 Å². The second-order valence-corrected chi connectivity index (χ2v) is 6.64. The highest BCUT2D eigenvalue weighted by Gasteiger charge is 2.20. The third-order valence-corrected chi connectivity index (χ3v) is 4.35. The van der Waals surface area contributed by atoms with Crippen LogP contribution in [-0.2, 0) is 16.1 Å². The Labute approximate surface area is 178 Å². The molecule has 156 valence electrons. The van der Waals surface area contributed by atoms with Gasteiger partial charge < -0.3 is 14.8 Å². The zero-order valence-corrected chi connectivity index (χ0v) is 16.7. The third-order valence-electron chi connectivity index (χ3n) is 4.35. The SMILES string of the molecule is CC(OC(=O)c1cccc(OCc2ccc(F)cc2)c1)C(=O)Nc1ccccc1C#N. The molecule has 0 fully saturated rings. The largest absolute Gasteiger partial charge is 0.489 e. The minimum absolute atomic E-state index is 0.204. The monoisotopic (exact) mass is 418 g/mol. The van der Waals surface area contributed by atoms with Gasteiger partial charge in [-0.05, 0) is 55.0 Å². The highest BCUT2D eigenvalue weighted by Crippen LogP contribution is 2.18. The predicted octanol–water partition coefficient (Wildman–Crippen LogP) is 4.46. The molecule has 1 atom stereocenters. The van der Waals surface area contributed by atoms with Crippen molar-refractivity contribution < 1.29 is 23.5 Å². The smallest absolute Gasteiger partial charge is 0.339 e. The Balaban J connectivity index is 1.59. The summed E-state index contributed by atoms with van der Waals surface area (Å²) < 4.78 is 23.9. The molecular weight excluding hydrogens is 399 g/mol. The number of esters is 1. The van der Waals surface area contributed by atoms with Gasteiger partial charge in [-0.1, -0.05) is 30.3 Å². The molecule has 3 rings (SSSR count). The first-order valence-corrected chi connectivity index (χ1v) is 9.44. The standard InChI is InChI=1S/C24H19FN2O4/c1-16(23(28)27-22-8-3-2-5-19(22)14-26)31-24(29)18-6-4-7-21(13-18)30-15-17-9-11-20(25)12-10-17/h2-13,16H,15H2,1H3,(H,27,28). The number of hydrogen-bond donors (Lipinski definition) is 1. The number of benzene rings is 3. The van der Waals surface area contributed by atoms with Crippen molar-refractivity contribution in [1.82, 2.24) is 0 Å². The number of hydrogen-bond acceptors (Lipinski definition) is 5. The average molecular weight is 418 g/mol. The van der Waals surface area contributed by atoms with Gasteiger partial charge in [0.15, 0.2) is 6.10 Å². The molecule has 3 aromatic rings. The lowest BCUT2D eigenvalue weighted by Crippen LogP contribution is -2.30. The van der Waals surface area contributed by atoms with Crippen molar-refractivity contribution in [3.05, 3.63) is 95.3 Å². The van der Waals surface area contributed by atoms with E-state index in [9.17, 15) is 14.0 Å². The molecule has 0 aliphatic heterocycles. The van der Waals surface area contributed by atoms with E-state index in [0.717, 1.165) is 5.56 Å². The number of nitrogens with zero attached hydrogens (tertiary/aromatic N) is 1. The number of nitrogens with one attached hydrogen (secondary N) is 1. The van der Waals surface area contributed by atoms with Gasteiger partial charge in [0, 0.05) is 0 Å². The number of anilines is 1. The molecule has 1 unspecified atom stereocenters. The number of nitriles is 1. The maximum Gasteiger partial charge on any atom is 0.339 e. The molecule has 31 heavy (non-hydrogen) atoms. The molecule has 3 aromatic carbocycles. The number of carbonyl (C=O) groups is 2. The quantitative estimate of drug-likeness (QED) is 0.573. The minimum Gasteiger partial charge on any atom is -0.489 e. The molecule has 0 bridgehead atoms. The summed E-state index contributed by atoms with van der Waals surface area (Å²) in [4.78, 5) is 24.8. The number of para-hydroxylation sites is 1. The summed E-state index contributed by atoms with van der Waals surface area (Å²) >= 11 is 0. The van der Waals surface area contributed by atoms with Crippen LogP contribution in [0, 0.1) is 17.1 Å². The van der Waals surface area contributed by atoms with Crippen LogP contribution in [0.4, 0.5) is 10.1 Å². The summed E-state index contributed by atoms with van der Waals surface area (Å²) in [6.07, 6.45) is -1.08. The molecule has 0 radical (unpaired) electrons. The van der Waals surface area contributed by atoms with Crippen molar-refractivity contribution in [2.45, 2.75) is 19.6 Å². The van der Waals surface area contributed by atoms with Crippen molar-refractivity contribution >= 4 is 17.6 Å². The predicted molar refractivity (Wildman–Crippen MR) is 112 cm³/mol. The first-order chi connectivity index (χ1) is 15.0. The summed E-state index contributed by atoms with van der Waals surface area (Å²) in [6.45, 7) is 1.65. The number of carbonyl (C=O) groups excluding carboxylic acids is 2. The van der Waals surface area contributed by atoms with Crippen LogP contribution in [-0.4, -0.2) is 18.0 Å². The first kappa shape index (κ1) is 21.5. The zero-order chi connectivity index (χ0) is 22.2. The van der Waals surface area contributed by atoms with Gasteiger partial charge in [0.2, 0.25) is 0 Å². The van der Waals surface area contributed by atoms with E-state index in [2.05, 4.69) is 5.32 Å². The van der Waals surface area contributed by atoms with Crippen LogP contribution in [0.5, 0.6) is 5.75 Å². The highest BCUT2D eigenvalue weighted by molar-refractivity contribution is 5.98. The lowest BCUT2D eigenvalue weighted by Gasteiger charge is -2.14. The Morgan fingerprint density at radius 1 is 1.06 bits per heavy atom. The van der Waals surface area contributed by atoms with E-state index in [0.29, 0.717) is 17.0 Å². The Hall–Kier alpha value is -4.18. The van der Waals surface area contributed by atoms with Crippen LogP contribution in [0.2, 0.25) is 0 Å². The van der Waals surface area contributed by atoms with Crippen LogP contribution in [0.3, 0.4) is 0 Å². The van der Waals surface area contributed by atoms with Gasteiger partial charge in [-0.3, -0.25) is 4.79 Å². The molecule has 0 aliphatic carbocycles. The first-order valence-electron chi connectivity index (χ1n) is 9.44. The van der Waals surface area contributed by atoms with E-state index >= 15 is 0 Å². The van der Waals surface area contributed by atoms with Crippen LogP contribution >= 0.6 is 0 Å². The molecule has 0 aliphatic rings. The summed E-state index contributed by atoms with van der Waals surface area (Å²) in [5.41, 5.74) is 1.64. The second-order valence-electron chi connectivity index (χ2n) is 6.64. The topological polar surface area (TPSA) is 88.4 Å². The van der Waals surface area contributed by atoms with Crippen molar-refractivity contribution in [1.29, 1.82) is 5.26 Å². The fourth-order valence-electron chi connectivity index (χ4n) is 2.67. The van der Waals surface area contributed by atoms with Crippen LogP contribution < -0.4 is 10.1 Å². The Morgan fingerprint density at radius 3 is 2.55 bits per heavy atom. The number of amides is 1. The fraction of sp³-hybridized carbons (Fsp3) is 0.125. The average Bonchev–Trinajstić information content (AvgIpc) is 2.79. The van der Waals surface area contributed by atoms with Gasteiger partial charge in [-0.25, -0.2) is 9.18 Å². The van der Waals surface area contributed by atoms with Gasteiger partial charge in [-0.15, -0.1) is 0 Å². The molecule has 0 saturated heterocycles. The summed E-state index contributed by atoms with van der Waals surface area (Å²) in [7, 11) is 0. The molecular formula is C24H19FN2O4. The number of rotatable bonds is 7. The molecule has 6 nitrogen and oxygen atoms in total. The Morgan fingerprint density at radius 2 is 1.81 bits per heavy atom. The van der Waals surface area contributed by atoms with E-state index in [4.69, 9.17) is 14.7 Å². The maximum atomic E-state index is 13.0. The van der Waals surface area contributed by atoms with Gasteiger partial charge in [-0.2, -0.15) is 5.26 Å². The zero-order valence-electron chi connectivity index (χ0n) is 16.7. The lowest BCUT2D eigenvalue weighted by atomic mass is 10.2. The van der Waals surface area contributed by atoms with Gasteiger partial charge in [0.05, 0.1) is 16.8 Å². The van der Waals surface area contributed by atoms with Crippen molar-refractivity contribution in [3.8, 4) is 11.8 Å². The Kier molecular flexibility index (Phi) is 6.97. The summed E-state index contributed by atoms with van der Waals surface area (Å²) in [5, 5.41) is 11.7. The fourth-order valence-corrected chi connectivity index (χ4v) is 2.67. The maximum absolute atomic E-state index is 13.0. The van der Waals surface area contributed by atoms with Gasteiger partial charge >= 0.3 is 5.97 Å². The molecule has 7 heteroatoms. The molecule has 0 saturated carbocycles. The van der Waals surface area contributed by atoms with Crippen molar-refractivity contribution in [2.24, 2.45) is 0 Å². The van der Waals surface area contributed by atoms with Crippen molar-refractivity contribution in [2.75, 3.05) is 5.32 Å². The number of ether oxygens (including phenoxy) is 2. The minimum atomic E-state index is -1.08. The van der Waals surface area contributed by atoms with E-state index in [1.165, 1.54) is 25.1 Å². The van der Waals surface area contributed by atoms with Crippen LogP contribution in [0.15, 0.2) is 72.8 Å². The van der Waals surface area contributed by atoms with Crippen LogP contribution in [0.1, 0.15) is 28.4 Å². The summed E-state index contributed by atoms with van der Waals surface area (Å²) in [5.74, 6) is -1.15. The number of halogens is 1. The van der Waals surface area contributed by atoms with E-state index in [1.54, 1.807) is 54.6 Å². The van der Waals surface area contributed by atoms with E-state index < -0.39 is 18.0 Å². The highest BCUT2D eigenvalue weighted by atomic mass is 19.1. The molecule has 0 spiro atoms. The van der Waals surface area contributed by atoms with E-state index in [1.807, 2.05) is 6.07 Å². The third kappa shape index (κ3) is 5.90. The lowest BCUT2D eigenvalue weighted by molar-refractivity contribution is -0.123. The Bertz CT molecular complexity index is 1120. The molecule has 1 N–H and O–H groups in total. The van der Waals surface area contributed by atoms with Crippen LogP contribution in [0.25, 0.3) is 0 Å². The summed E-state index contributed by atoms with van der Waals surface area (Å²) in [6, 6.07) is 20.8. The molecule has 0 heterocycles.